The van der Waals surface area contributed by atoms with Gasteiger partial charge in [0.1, 0.15) is 5.84 Å². The Balaban J connectivity index is 2.77. The van der Waals surface area contributed by atoms with Gasteiger partial charge in [0.25, 0.3) is 0 Å². The van der Waals surface area contributed by atoms with Gasteiger partial charge in [-0.2, -0.15) is 0 Å². The maximum atomic E-state index is 11.1. The second-order valence-electron chi connectivity index (χ2n) is 3.27. The molecule has 0 aliphatic carbocycles. The molecule has 0 amide bonds. The average Bonchev–Trinajstić information content (AvgIpc) is 2.18. The molecule has 1 aromatic carbocycles. The summed E-state index contributed by atoms with van der Waals surface area (Å²) in [5.74, 6) is -0.865. The SMILES string of the molecule is CC(=O)C(=O)Cc1ccc(C(=N)N)cc1. The van der Waals surface area contributed by atoms with Crippen LogP contribution in [-0.4, -0.2) is 17.4 Å². The third-order valence-corrected chi connectivity index (χ3v) is 2.02. The summed E-state index contributed by atoms with van der Waals surface area (Å²) >= 11 is 0. The van der Waals surface area contributed by atoms with Crippen molar-refractivity contribution in [3.63, 3.8) is 0 Å². The van der Waals surface area contributed by atoms with Gasteiger partial charge in [-0.05, 0) is 5.56 Å². The van der Waals surface area contributed by atoms with Crippen LogP contribution in [0.2, 0.25) is 0 Å². The molecule has 78 valence electrons. The fourth-order valence-corrected chi connectivity index (χ4v) is 1.11. The molecule has 0 bridgehead atoms. The average molecular weight is 204 g/mol. The van der Waals surface area contributed by atoms with Gasteiger partial charge in [-0.1, -0.05) is 24.3 Å². The summed E-state index contributed by atoms with van der Waals surface area (Å²) in [7, 11) is 0. The van der Waals surface area contributed by atoms with Gasteiger partial charge in [-0.15, -0.1) is 0 Å². The first-order chi connectivity index (χ1) is 7.00. The first kappa shape index (κ1) is 11.1. The predicted molar refractivity (Wildman–Crippen MR) is 56.9 cm³/mol. The number of ketones is 2. The minimum absolute atomic E-state index is 0.0144. The second-order valence-corrected chi connectivity index (χ2v) is 3.27. The highest BCUT2D eigenvalue weighted by atomic mass is 16.2. The lowest BCUT2D eigenvalue weighted by molar-refractivity contribution is -0.134. The minimum Gasteiger partial charge on any atom is -0.384 e. The fourth-order valence-electron chi connectivity index (χ4n) is 1.11. The van der Waals surface area contributed by atoms with Gasteiger partial charge < -0.3 is 5.73 Å². The van der Waals surface area contributed by atoms with Crippen molar-refractivity contribution in [2.45, 2.75) is 13.3 Å². The molecule has 0 heterocycles. The van der Waals surface area contributed by atoms with E-state index in [1.54, 1.807) is 24.3 Å². The Hall–Kier alpha value is -1.97. The summed E-state index contributed by atoms with van der Waals surface area (Å²) in [5, 5.41) is 7.17. The monoisotopic (exact) mass is 204 g/mol. The zero-order chi connectivity index (χ0) is 11.4. The summed E-state index contributed by atoms with van der Waals surface area (Å²) in [6, 6.07) is 6.70. The largest absolute Gasteiger partial charge is 0.384 e. The Morgan fingerprint density at radius 2 is 1.80 bits per heavy atom. The Bertz CT molecular complexity index is 407. The van der Waals surface area contributed by atoms with Gasteiger partial charge in [-0.3, -0.25) is 15.0 Å². The van der Waals surface area contributed by atoms with Crippen LogP contribution >= 0.6 is 0 Å². The lowest BCUT2D eigenvalue weighted by Gasteiger charge is -2.01. The van der Waals surface area contributed by atoms with Gasteiger partial charge in [0.2, 0.25) is 5.78 Å². The minimum atomic E-state index is -0.439. The van der Waals surface area contributed by atoms with Crippen LogP contribution in [0.15, 0.2) is 24.3 Å². The lowest BCUT2D eigenvalue weighted by Crippen LogP contribution is -2.13. The molecule has 0 atom stereocenters. The van der Waals surface area contributed by atoms with Crippen LogP contribution in [0.1, 0.15) is 18.1 Å². The maximum absolute atomic E-state index is 11.1. The number of nitrogen functional groups attached to an aromatic ring is 1. The maximum Gasteiger partial charge on any atom is 0.202 e. The Kier molecular flexibility index (Phi) is 3.33. The first-order valence-corrected chi connectivity index (χ1v) is 4.48. The summed E-state index contributed by atoms with van der Waals surface area (Å²) in [5.41, 5.74) is 6.63. The van der Waals surface area contributed by atoms with E-state index in [1.807, 2.05) is 0 Å². The normalized spacial score (nSPS) is 9.67. The van der Waals surface area contributed by atoms with Crippen LogP contribution in [0, 0.1) is 5.41 Å². The van der Waals surface area contributed by atoms with E-state index in [2.05, 4.69) is 0 Å². The lowest BCUT2D eigenvalue weighted by atomic mass is 10.0. The van der Waals surface area contributed by atoms with Crippen molar-refractivity contribution in [3.8, 4) is 0 Å². The number of amidine groups is 1. The van der Waals surface area contributed by atoms with Gasteiger partial charge in [-0.25, -0.2) is 0 Å². The van der Waals surface area contributed by atoms with E-state index >= 15 is 0 Å². The highest BCUT2D eigenvalue weighted by Crippen LogP contribution is 2.05. The zero-order valence-corrected chi connectivity index (χ0v) is 8.41. The van der Waals surface area contributed by atoms with Crippen molar-refractivity contribution in [2.24, 2.45) is 5.73 Å². The smallest absolute Gasteiger partial charge is 0.202 e. The van der Waals surface area contributed by atoms with E-state index in [-0.39, 0.29) is 12.3 Å². The summed E-state index contributed by atoms with van der Waals surface area (Å²) in [6.45, 7) is 1.26. The van der Waals surface area contributed by atoms with Crippen LogP contribution in [0.25, 0.3) is 0 Å². The molecule has 0 radical (unpaired) electrons. The summed E-state index contributed by atoms with van der Waals surface area (Å²) in [6.07, 6.45) is 0.105. The number of hydrogen-bond acceptors (Lipinski definition) is 3. The van der Waals surface area contributed by atoms with Crippen LogP contribution in [0.3, 0.4) is 0 Å². The molecule has 0 aliphatic rings. The molecule has 0 unspecified atom stereocenters. The molecular weight excluding hydrogens is 192 g/mol. The van der Waals surface area contributed by atoms with E-state index in [0.717, 1.165) is 5.56 Å². The molecule has 1 rings (SSSR count). The molecule has 0 saturated carbocycles. The molecule has 0 aromatic heterocycles. The van der Waals surface area contributed by atoms with Crippen molar-refractivity contribution >= 4 is 17.4 Å². The van der Waals surface area contributed by atoms with E-state index < -0.39 is 11.6 Å². The van der Waals surface area contributed by atoms with E-state index in [1.165, 1.54) is 6.92 Å². The Labute approximate surface area is 87.6 Å². The third kappa shape index (κ3) is 3.02. The molecule has 4 heteroatoms. The van der Waals surface area contributed by atoms with Crippen molar-refractivity contribution in [1.29, 1.82) is 5.41 Å². The van der Waals surface area contributed by atoms with Crippen LogP contribution in [0.5, 0.6) is 0 Å². The Morgan fingerprint density at radius 1 is 1.27 bits per heavy atom. The number of carbonyl (C=O) groups is 2. The molecule has 0 fully saturated rings. The van der Waals surface area contributed by atoms with E-state index in [9.17, 15) is 9.59 Å². The molecule has 3 N–H and O–H groups in total. The molecule has 4 nitrogen and oxygen atoms in total. The zero-order valence-electron chi connectivity index (χ0n) is 8.41. The van der Waals surface area contributed by atoms with E-state index in [4.69, 9.17) is 11.1 Å². The number of Topliss-reactive ketones (excluding diaryl/α,β-unsaturated/α-hetero) is 2. The highest BCUT2D eigenvalue weighted by Gasteiger charge is 2.08. The molecule has 15 heavy (non-hydrogen) atoms. The molecule has 0 aliphatic heterocycles. The third-order valence-electron chi connectivity index (χ3n) is 2.02. The Morgan fingerprint density at radius 3 is 2.20 bits per heavy atom. The number of nitrogens with one attached hydrogen (secondary N) is 1. The number of rotatable bonds is 4. The number of hydrogen-bond donors (Lipinski definition) is 2. The summed E-state index contributed by atoms with van der Waals surface area (Å²) < 4.78 is 0. The topological polar surface area (TPSA) is 84.0 Å². The molecule has 0 saturated heterocycles. The first-order valence-electron chi connectivity index (χ1n) is 4.48. The van der Waals surface area contributed by atoms with Gasteiger partial charge in [0.15, 0.2) is 5.78 Å². The van der Waals surface area contributed by atoms with Gasteiger partial charge in [0, 0.05) is 18.9 Å². The predicted octanol–water partition coefficient (Wildman–Crippen LogP) is 0.671. The standard InChI is InChI=1S/C11H12N2O2/c1-7(14)10(15)6-8-2-4-9(5-3-8)11(12)13/h2-5H,6H2,1H3,(H3,12,13). The van der Waals surface area contributed by atoms with Crippen molar-refractivity contribution < 1.29 is 9.59 Å². The summed E-state index contributed by atoms with van der Waals surface area (Å²) in [4.78, 5) is 21.8. The fraction of sp³-hybridized carbons (Fsp3) is 0.182. The number of nitrogens with two attached hydrogens (primary N) is 1. The quantitative estimate of drug-likeness (QED) is 0.429. The second kappa shape index (κ2) is 4.50. The van der Waals surface area contributed by atoms with Crippen molar-refractivity contribution in [3.05, 3.63) is 35.4 Å². The van der Waals surface area contributed by atoms with Crippen LogP contribution in [0.4, 0.5) is 0 Å². The van der Waals surface area contributed by atoms with Gasteiger partial charge in [0.05, 0.1) is 0 Å². The molecule has 1 aromatic rings. The number of carbonyl (C=O) groups excluding carboxylic acids is 2. The van der Waals surface area contributed by atoms with Crippen molar-refractivity contribution in [2.75, 3.05) is 0 Å². The van der Waals surface area contributed by atoms with Crippen LogP contribution in [-0.2, 0) is 16.0 Å². The van der Waals surface area contributed by atoms with Crippen LogP contribution < -0.4 is 5.73 Å². The van der Waals surface area contributed by atoms with Crippen molar-refractivity contribution in [1.82, 2.24) is 0 Å². The van der Waals surface area contributed by atoms with Gasteiger partial charge >= 0.3 is 0 Å². The van der Waals surface area contributed by atoms with E-state index in [0.29, 0.717) is 5.56 Å². The molecular formula is C11H12N2O2. The number of benzene rings is 1. The molecule has 0 spiro atoms. The highest BCUT2D eigenvalue weighted by molar-refractivity contribution is 6.36.